The summed E-state index contributed by atoms with van der Waals surface area (Å²) in [7, 11) is 0. The summed E-state index contributed by atoms with van der Waals surface area (Å²) in [6.45, 7) is 5.15. The normalized spacial score (nSPS) is 20.4. The number of aromatic nitrogens is 1. The number of amides is 2. The molecule has 2 aliphatic rings. The molecule has 1 aromatic heterocycles. The molecule has 30 heavy (non-hydrogen) atoms. The topological polar surface area (TPSA) is 56.8 Å². The van der Waals surface area contributed by atoms with Crippen molar-refractivity contribution in [1.82, 2.24) is 19.7 Å². The molecule has 1 aromatic carbocycles. The molecular formula is C23H27ClN4O2. The fraction of sp³-hybridized carbons (Fsp3) is 0.435. The van der Waals surface area contributed by atoms with Crippen LogP contribution in [-0.2, 0) is 22.7 Å². The molecule has 6 nitrogen and oxygen atoms in total. The van der Waals surface area contributed by atoms with E-state index in [4.69, 9.17) is 11.6 Å². The van der Waals surface area contributed by atoms with Gasteiger partial charge >= 0.3 is 0 Å². The van der Waals surface area contributed by atoms with Gasteiger partial charge < -0.3 is 9.80 Å². The first-order valence-corrected chi connectivity index (χ1v) is 10.9. The molecule has 158 valence electrons. The molecule has 1 unspecified atom stereocenters. The van der Waals surface area contributed by atoms with Crippen molar-refractivity contribution in [3.63, 3.8) is 0 Å². The SMILES string of the molecule is O=C1CC(C(=O)N2CCCN(Cc3cccnc3)CC2)CN1Cc1ccc(Cl)cc1. The number of benzene rings is 1. The van der Waals surface area contributed by atoms with Crippen LogP contribution in [0.3, 0.4) is 0 Å². The highest BCUT2D eigenvalue weighted by atomic mass is 35.5. The fourth-order valence-corrected chi connectivity index (χ4v) is 4.38. The molecule has 2 saturated heterocycles. The van der Waals surface area contributed by atoms with E-state index in [1.807, 2.05) is 41.4 Å². The van der Waals surface area contributed by atoms with Crippen LogP contribution in [0.25, 0.3) is 0 Å². The number of rotatable bonds is 5. The first kappa shape index (κ1) is 20.8. The highest BCUT2D eigenvalue weighted by Crippen LogP contribution is 2.23. The summed E-state index contributed by atoms with van der Waals surface area (Å²) in [6, 6.07) is 11.5. The third-order valence-electron chi connectivity index (χ3n) is 5.88. The van der Waals surface area contributed by atoms with Crippen molar-refractivity contribution in [2.24, 2.45) is 5.92 Å². The second-order valence-corrected chi connectivity index (χ2v) is 8.55. The second-order valence-electron chi connectivity index (χ2n) is 8.12. The predicted octanol–water partition coefficient (Wildman–Crippen LogP) is 2.82. The van der Waals surface area contributed by atoms with Crippen LogP contribution >= 0.6 is 11.6 Å². The summed E-state index contributed by atoms with van der Waals surface area (Å²) >= 11 is 5.94. The first-order chi connectivity index (χ1) is 14.6. The van der Waals surface area contributed by atoms with Crippen LogP contribution < -0.4 is 0 Å². The van der Waals surface area contributed by atoms with Crippen molar-refractivity contribution in [2.45, 2.75) is 25.9 Å². The van der Waals surface area contributed by atoms with Gasteiger partial charge in [-0.1, -0.05) is 29.8 Å². The summed E-state index contributed by atoms with van der Waals surface area (Å²) in [4.78, 5) is 35.9. The highest BCUT2D eigenvalue weighted by molar-refractivity contribution is 6.30. The minimum atomic E-state index is -0.241. The number of nitrogens with zero attached hydrogens (tertiary/aromatic N) is 4. The molecule has 0 bridgehead atoms. The predicted molar refractivity (Wildman–Crippen MR) is 116 cm³/mol. The average Bonchev–Trinajstić information content (AvgIpc) is 2.96. The van der Waals surface area contributed by atoms with E-state index in [1.165, 1.54) is 5.56 Å². The molecule has 0 radical (unpaired) electrons. The van der Waals surface area contributed by atoms with Gasteiger partial charge in [0.25, 0.3) is 0 Å². The smallest absolute Gasteiger partial charge is 0.228 e. The minimum absolute atomic E-state index is 0.0522. The molecular weight excluding hydrogens is 400 g/mol. The van der Waals surface area contributed by atoms with E-state index in [9.17, 15) is 9.59 Å². The molecule has 2 aliphatic heterocycles. The zero-order valence-electron chi connectivity index (χ0n) is 17.0. The second kappa shape index (κ2) is 9.58. The monoisotopic (exact) mass is 426 g/mol. The molecule has 0 spiro atoms. The van der Waals surface area contributed by atoms with Gasteiger partial charge in [-0.15, -0.1) is 0 Å². The van der Waals surface area contributed by atoms with Crippen LogP contribution in [-0.4, -0.2) is 64.2 Å². The third-order valence-corrected chi connectivity index (χ3v) is 6.13. The van der Waals surface area contributed by atoms with Crippen molar-refractivity contribution in [2.75, 3.05) is 32.7 Å². The number of carbonyl (C=O) groups excluding carboxylic acids is 2. The minimum Gasteiger partial charge on any atom is -0.341 e. The molecule has 0 N–H and O–H groups in total. The van der Waals surface area contributed by atoms with Crippen LogP contribution in [0.4, 0.5) is 0 Å². The number of pyridine rings is 1. The summed E-state index contributed by atoms with van der Waals surface area (Å²) < 4.78 is 0. The van der Waals surface area contributed by atoms with Crippen molar-refractivity contribution in [3.05, 3.63) is 64.9 Å². The lowest BCUT2D eigenvalue weighted by Crippen LogP contribution is -2.39. The van der Waals surface area contributed by atoms with Crippen molar-refractivity contribution >= 4 is 23.4 Å². The number of hydrogen-bond acceptors (Lipinski definition) is 4. The van der Waals surface area contributed by atoms with Gasteiger partial charge in [0.05, 0.1) is 5.92 Å². The van der Waals surface area contributed by atoms with Gasteiger partial charge in [-0.25, -0.2) is 0 Å². The highest BCUT2D eigenvalue weighted by Gasteiger charge is 2.36. The molecule has 0 aliphatic carbocycles. The zero-order chi connectivity index (χ0) is 20.9. The van der Waals surface area contributed by atoms with Crippen LogP contribution in [0.15, 0.2) is 48.8 Å². The molecule has 2 fully saturated rings. The number of likely N-dealkylation sites (tertiary alicyclic amines) is 1. The lowest BCUT2D eigenvalue weighted by molar-refractivity contribution is -0.135. The Hall–Kier alpha value is -2.44. The van der Waals surface area contributed by atoms with E-state index in [1.54, 1.807) is 11.1 Å². The Morgan fingerprint density at radius 1 is 1.03 bits per heavy atom. The van der Waals surface area contributed by atoms with Gasteiger partial charge in [0.1, 0.15) is 0 Å². The van der Waals surface area contributed by atoms with Gasteiger partial charge in [-0.2, -0.15) is 0 Å². The summed E-state index contributed by atoms with van der Waals surface area (Å²) in [6.07, 6.45) is 4.93. The van der Waals surface area contributed by atoms with E-state index in [0.717, 1.165) is 38.2 Å². The molecule has 4 rings (SSSR count). The van der Waals surface area contributed by atoms with E-state index in [0.29, 0.717) is 31.1 Å². The van der Waals surface area contributed by atoms with Gasteiger partial charge in [0, 0.05) is 69.7 Å². The zero-order valence-corrected chi connectivity index (χ0v) is 17.8. The van der Waals surface area contributed by atoms with Gasteiger partial charge in [0.15, 0.2) is 0 Å². The lowest BCUT2D eigenvalue weighted by atomic mass is 10.1. The van der Waals surface area contributed by atoms with Crippen LogP contribution in [0.5, 0.6) is 0 Å². The molecule has 2 aromatic rings. The Balaban J connectivity index is 1.31. The van der Waals surface area contributed by atoms with E-state index in [-0.39, 0.29) is 17.7 Å². The maximum atomic E-state index is 13.1. The number of hydrogen-bond donors (Lipinski definition) is 0. The maximum absolute atomic E-state index is 13.1. The van der Waals surface area contributed by atoms with Crippen molar-refractivity contribution in [3.8, 4) is 0 Å². The van der Waals surface area contributed by atoms with Crippen LogP contribution in [0.2, 0.25) is 5.02 Å². The molecule has 7 heteroatoms. The van der Waals surface area contributed by atoms with Crippen LogP contribution in [0, 0.1) is 5.92 Å². The van der Waals surface area contributed by atoms with Gasteiger partial charge in [-0.3, -0.25) is 19.5 Å². The fourth-order valence-electron chi connectivity index (χ4n) is 4.26. The Morgan fingerprint density at radius 3 is 2.63 bits per heavy atom. The van der Waals surface area contributed by atoms with Gasteiger partial charge in [0.2, 0.25) is 11.8 Å². The van der Waals surface area contributed by atoms with E-state index in [2.05, 4.69) is 16.0 Å². The molecule has 2 amide bonds. The average molecular weight is 427 g/mol. The largest absolute Gasteiger partial charge is 0.341 e. The molecule has 0 saturated carbocycles. The quantitative estimate of drug-likeness (QED) is 0.737. The Kier molecular flexibility index (Phi) is 6.65. The number of halogens is 1. The van der Waals surface area contributed by atoms with Crippen molar-refractivity contribution < 1.29 is 9.59 Å². The molecule has 3 heterocycles. The first-order valence-electron chi connectivity index (χ1n) is 10.5. The molecule has 1 atom stereocenters. The Bertz CT molecular complexity index is 875. The van der Waals surface area contributed by atoms with Crippen molar-refractivity contribution in [1.29, 1.82) is 0 Å². The van der Waals surface area contributed by atoms with Crippen LogP contribution in [0.1, 0.15) is 24.0 Å². The van der Waals surface area contributed by atoms with E-state index >= 15 is 0 Å². The number of carbonyl (C=O) groups is 2. The van der Waals surface area contributed by atoms with Gasteiger partial charge in [-0.05, 0) is 35.7 Å². The Labute approximate surface area is 182 Å². The Morgan fingerprint density at radius 2 is 1.87 bits per heavy atom. The summed E-state index contributed by atoms with van der Waals surface area (Å²) in [5.41, 5.74) is 2.22. The summed E-state index contributed by atoms with van der Waals surface area (Å²) in [5, 5.41) is 0.679. The summed E-state index contributed by atoms with van der Waals surface area (Å²) in [5.74, 6) is -0.0730. The third kappa shape index (κ3) is 5.18. The van der Waals surface area contributed by atoms with E-state index < -0.39 is 0 Å². The standard InChI is InChI=1S/C23H27ClN4O2/c24-21-6-4-18(5-7-21)16-28-17-20(13-22(28)29)23(30)27-10-2-9-26(11-12-27)15-19-3-1-8-25-14-19/h1,3-8,14,20H,2,9-13,15-17H2. The lowest BCUT2D eigenvalue weighted by Gasteiger charge is -2.24. The maximum Gasteiger partial charge on any atom is 0.228 e.